The summed E-state index contributed by atoms with van der Waals surface area (Å²) in [5.74, 6) is 0. The second-order valence-electron chi connectivity index (χ2n) is 5.05. The van der Waals surface area contributed by atoms with Crippen molar-refractivity contribution in [3.8, 4) is 0 Å². The normalized spacial score (nSPS) is 28.3. The predicted molar refractivity (Wildman–Crippen MR) is 70.8 cm³/mol. The number of anilines is 1. The molecule has 0 radical (unpaired) electrons. The lowest BCUT2D eigenvalue weighted by molar-refractivity contribution is -0.0337. The van der Waals surface area contributed by atoms with Crippen LogP contribution in [0.4, 0.5) is 5.69 Å². The quantitative estimate of drug-likeness (QED) is 0.870. The van der Waals surface area contributed by atoms with E-state index in [-0.39, 0.29) is 0 Å². The highest BCUT2D eigenvalue weighted by Crippen LogP contribution is 2.22. The molecule has 0 aliphatic carbocycles. The van der Waals surface area contributed by atoms with Crippen LogP contribution >= 0.6 is 0 Å². The largest absolute Gasteiger partial charge is 0.383 e. The van der Waals surface area contributed by atoms with Gasteiger partial charge in [0.15, 0.2) is 0 Å². The number of nitrogens with one attached hydrogen (secondary N) is 1. The van der Waals surface area contributed by atoms with Crippen molar-refractivity contribution >= 4 is 5.69 Å². The number of ether oxygens (including phenoxy) is 2. The molecule has 2 heterocycles. The predicted octanol–water partition coefficient (Wildman–Crippen LogP) is 1.90. The zero-order valence-corrected chi connectivity index (χ0v) is 11.4. The molecule has 1 aromatic heterocycles. The summed E-state index contributed by atoms with van der Waals surface area (Å²) in [6.45, 7) is 5.74. The van der Waals surface area contributed by atoms with E-state index in [1.54, 1.807) is 7.11 Å². The van der Waals surface area contributed by atoms with Crippen molar-refractivity contribution in [1.82, 2.24) is 9.78 Å². The van der Waals surface area contributed by atoms with E-state index in [2.05, 4.69) is 24.3 Å². The summed E-state index contributed by atoms with van der Waals surface area (Å²) in [5, 5.41) is 7.83. The summed E-state index contributed by atoms with van der Waals surface area (Å²) in [6, 6.07) is 0.476. The van der Waals surface area contributed by atoms with Gasteiger partial charge in [-0.05, 0) is 26.7 Å². The van der Waals surface area contributed by atoms with E-state index in [4.69, 9.17) is 9.47 Å². The third kappa shape index (κ3) is 3.71. The van der Waals surface area contributed by atoms with Crippen molar-refractivity contribution in [2.75, 3.05) is 19.0 Å². The van der Waals surface area contributed by atoms with Crippen molar-refractivity contribution in [1.29, 1.82) is 0 Å². The van der Waals surface area contributed by atoms with Crippen LogP contribution in [-0.4, -0.2) is 41.7 Å². The van der Waals surface area contributed by atoms with E-state index in [9.17, 15) is 0 Å². The Bertz CT molecular complexity index is 357. The van der Waals surface area contributed by atoms with Crippen molar-refractivity contribution in [2.24, 2.45) is 0 Å². The molecule has 2 atom stereocenters. The highest BCUT2D eigenvalue weighted by Gasteiger charge is 2.24. The molecule has 0 spiro atoms. The van der Waals surface area contributed by atoms with Gasteiger partial charge in [0.1, 0.15) is 0 Å². The Labute approximate surface area is 108 Å². The van der Waals surface area contributed by atoms with E-state index in [0.717, 1.165) is 25.1 Å². The van der Waals surface area contributed by atoms with Crippen LogP contribution < -0.4 is 5.32 Å². The molecule has 2 unspecified atom stereocenters. The Hall–Kier alpha value is -1.07. The Kier molecular flexibility index (Phi) is 4.60. The lowest BCUT2D eigenvalue weighted by atomic mass is 10.00. The lowest BCUT2D eigenvalue weighted by Crippen LogP contribution is -2.36. The first-order chi connectivity index (χ1) is 8.67. The number of methoxy groups -OCH3 is 1. The minimum atomic E-state index is 0.329. The maximum absolute atomic E-state index is 5.74. The Balaban J connectivity index is 1.86. The summed E-state index contributed by atoms with van der Waals surface area (Å²) in [7, 11) is 1.70. The SMILES string of the molecule is COCCn1cc(NC2CC(C)OC(C)C2)cn1. The molecule has 1 aromatic rings. The van der Waals surface area contributed by atoms with E-state index >= 15 is 0 Å². The molecule has 0 aromatic carbocycles. The topological polar surface area (TPSA) is 48.3 Å². The molecule has 1 aliphatic rings. The van der Waals surface area contributed by atoms with Gasteiger partial charge in [-0.2, -0.15) is 5.10 Å². The molecule has 102 valence electrons. The number of rotatable bonds is 5. The highest BCUT2D eigenvalue weighted by molar-refractivity contribution is 5.39. The first-order valence-corrected chi connectivity index (χ1v) is 6.60. The fraction of sp³-hybridized carbons (Fsp3) is 0.769. The first-order valence-electron chi connectivity index (χ1n) is 6.60. The summed E-state index contributed by atoms with van der Waals surface area (Å²) in [6.07, 6.45) is 6.66. The van der Waals surface area contributed by atoms with Gasteiger partial charge in [0.05, 0.1) is 37.2 Å². The van der Waals surface area contributed by atoms with Crippen molar-refractivity contribution in [3.05, 3.63) is 12.4 Å². The standard InChI is InChI=1S/C13H23N3O2/c1-10-6-12(7-11(2)18-10)15-13-8-14-16(9-13)4-5-17-3/h8-12,15H,4-7H2,1-3H3. The first kappa shape index (κ1) is 13.4. The Morgan fingerprint density at radius 3 is 2.83 bits per heavy atom. The van der Waals surface area contributed by atoms with Gasteiger partial charge < -0.3 is 14.8 Å². The fourth-order valence-corrected chi connectivity index (χ4v) is 2.50. The van der Waals surface area contributed by atoms with Crippen LogP contribution in [0.15, 0.2) is 12.4 Å². The van der Waals surface area contributed by atoms with Gasteiger partial charge >= 0.3 is 0 Å². The third-order valence-corrected chi connectivity index (χ3v) is 3.23. The molecule has 1 aliphatic heterocycles. The molecule has 5 nitrogen and oxygen atoms in total. The molecule has 1 fully saturated rings. The Morgan fingerprint density at radius 1 is 1.44 bits per heavy atom. The van der Waals surface area contributed by atoms with Gasteiger partial charge in [-0.3, -0.25) is 4.68 Å². The average molecular weight is 253 g/mol. The summed E-state index contributed by atoms with van der Waals surface area (Å²) < 4.78 is 12.7. The molecular formula is C13H23N3O2. The van der Waals surface area contributed by atoms with Crippen LogP contribution in [0.5, 0.6) is 0 Å². The van der Waals surface area contributed by atoms with E-state index < -0.39 is 0 Å². The van der Waals surface area contributed by atoms with Gasteiger partial charge in [0.25, 0.3) is 0 Å². The van der Waals surface area contributed by atoms with Gasteiger partial charge in [0, 0.05) is 19.3 Å². The minimum Gasteiger partial charge on any atom is -0.383 e. The van der Waals surface area contributed by atoms with E-state index in [1.807, 2.05) is 17.1 Å². The molecule has 1 N–H and O–H groups in total. The summed E-state index contributed by atoms with van der Waals surface area (Å²) >= 11 is 0. The number of hydrogen-bond donors (Lipinski definition) is 1. The fourth-order valence-electron chi connectivity index (χ4n) is 2.50. The van der Waals surface area contributed by atoms with Crippen LogP contribution in [-0.2, 0) is 16.0 Å². The van der Waals surface area contributed by atoms with Crippen LogP contribution in [0.25, 0.3) is 0 Å². The maximum Gasteiger partial charge on any atom is 0.0728 e. The molecule has 0 bridgehead atoms. The Morgan fingerprint density at radius 2 is 2.17 bits per heavy atom. The van der Waals surface area contributed by atoms with Gasteiger partial charge in [0.2, 0.25) is 0 Å². The van der Waals surface area contributed by atoms with Crippen LogP contribution in [0.2, 0.25) is 0 Å². The van der Waals surface area contributed by atoms with Crippen molar-refractivity contribution in [2.45, 2.75) is 51.5 Å². The second kappa shape index (κ2) is 6.20. The van der Waals surface area contributed by atoms with Crippen LogP contribution in [0.1, 0.15) is 26.7 Å². The van der Waals surface area contributed by atoms with Crippen molar-refractivity contribution < 1.29 is 9.47 Å². The zero-order valence-electron chi connectivity index (χ0n) is 11.4. The number of nitrogens with zero attached hydrogens (tertiary/aromatic N) is 2. The summed E-state index contributed by atoms with van der Waals surface area (Å²) in [4.78, 5) is 0. The molecule has 0 amide bonds. The zero-order chi connectivity index (χ0) is 13.0. The van der Waals surface area contributed by atoms with Crippen molar-refractivity contribution in [3.63, 3.8) is 0 Å². The summed E-state index contributed by atoms with van der Waals surface area (Å²) in [5.41, 5.74) is 1.08. The monoisotopic (exact) mass is 253 g/mol. The number of hydrogen-bond acceptors (Lipinski definition) is 4. The third-order valence-electron chi connectivity index (χ3n) is 3.23. The van der Waals surface area contributed by atoms with Gasteiger partial charge in [-0.1, -0.05) is 0 Å². The molecule has 5 heteroatoms. The maximum atomic E-state index is 5.74. The molecule has 1 saturated heterocycles. The van der Waals surface area contributed by atoms with Gasteiger partial charge in [-0.15, -0.1) is 0 Å². The minimum absolute atomic E-state index is 0.329. The smallest absolute Gasteiger partial charge is 0.0728 e. The molecular weight excluding hydrogens is 230 g/mol. The van der Waals surface area contributed by atoms with Crippen LogP contribution in [0.3, 0.4) is 0 Å². The molecule has 0 saturated carbocycles. The van der Waals surface area contributed by atoms with E-state index in [0.29, 0.717) is 24.9 Å². The lowest BCUT2D eigenvalue weighted by Gasteiger charge is -2.32. The van der Waals surface area contributed by atoms with Crippen LogP contribution in [0, 0.1) is 0 Å². The second-order valence-corrected chi connectivity index (χ2v) is 5.05. The van der Waals surface area contributed by atoms with E-state index in [1.165, 1.54) is 0 Å². The average Bonchev–Trinajstić information content (AvgIpc) is 2.72. The highest BCUT2D eigenvalue weighted by atomic mass is 16.5. The molecule has 2 rings (SSSR count). The van der Waals surface area contributed by atoms with Gasteiger partial charge in [-0.25, -0.2) is 0 Å². The number of aromatic nitrogens is 2. The molecule has 18 heavy (non-hydrogen) atoms.